The summed E-state index contributed by atoms with van der Waals surface area (Å²) in [6.07, 6.45) is 2.19. The first-order valence-corrected chi connectivity index (χ1v) is 6.75. The van der Waals surface area contributed by atoms with Gasteiger partial charge in [0.15, 0.2) is 22.1 Å². The number of hydrogen-bond acceptors (Lipinski definition) is 4. The zero-order valence-corrected chi connectivity index (χ0v) is 11.5. The third-order valence-electron chi connectivity index (χ3n) is 3.12. The van der Waals surface area contributed by atoms with Crippen molar-refractivity contribution < 1.29 is 9.47 Å². The summed E-state index contributed by atoms with van der Waals surface area (Å²) in [6, 6.07) is 5.82. The molecule has 0 saturated heterocycles. The van der Waals surface area contributed by atoms with E-state index in [-0.39, 0.29) is 6.79 Å². The largest absolute Gasteiger partial charge is 0.454 e. The van der Waals surface area contributed by atoms with Crippen LogP contribution in [0.4, 0.5) is 0 Å². The molecular formula is C13H15N3O2S. The maximum absolute atomic E-state index is 5.39. The fourth-order valence-electron chi connectivity index (χ4n) is 2.10. The van der Waals surface area contributed by atoms with Gasteiger partial charge in [-0.15, -0.1) is 0 Å². The number of benzene rings is 1. The molecule has 1 aliphatic rings. The van der Waals surface area contributed by atoms with Gasteiger partial charge in [-0.3, -0.25) is 5.10 Å². The van der Waals surface area contributed by atoms with Gasteiger partial charge < -0.3 is 14.0 Å². The minimum atomic E-state index is 0.279. The summed E-state index contributed by atoms with van der Waals surface area (Å²) in [6.45, 7) is 3.31. The number of unbranched alkanes of at least 4 members (excludes halogenated alkanes) is 1. The van der Waals surface area contributed by atoms with Gasteiger partial charge >= 0.3 is 0 Å². The topological polar surface area (TPSA) is 52.1 Å². The van der Waals surface area contributed by atoms with Gasteiger partial charge in [0.05, 0.1) is 0 Å². The molecule has 1 aromatic heterocycles. The highest BCUT2D eigenvalue weighted by atomic mass is 32.1. The Labute approximate surface area is 116 Å². The lowest BCUT2D eigenvalue weighted by Crippen LogP contribution is -2.00. The first-order valence-electron chi connectivity index (χ1n) is 6.35. The zero-order chi connectivity index (χ0) is 13.2. The fourth-order valence-corrected chi connectivity index (χ4v) is 2.32. The molecule has 19 heavy (non-hydrogen) atoms. The van der Waals surface area contributed by atoms with Gasteiger partial charge in [0.1, 0.15) is 0 Å². The minimum absolute atomic E-state index is 0.279. The van der Waals surface area contributed by atoms with Gasteiger partial charge in [0.25, 0.3) is 0 Å². The highest BCUT2D eigenvalue weighted by Gasteiger charge is 2.16. The molecule has 0 bridgehead atoms. The van der Waals surface area contributed by atoms with E-state index < -0.39 is 0 Å². The Morgan fingerprint density at radius 2 is 2.21 bits per heavy atom. The van der Waals surface area contributed by atoms with Crippen LogP contribution in [0.25, 0.3) is 11.4 Å². The summed E-state index contributed by atoms with van der Waals surface area (Å²) in [5.41, 5.74) is 0.979. The molecule has 1 aromatic carbocycles. The predicted molar refractivity (Wildman–Crippen MR) is 73.9 cm³/mol. The van der Waals surface area contributed by atoms with Crippen molar-refractivity contribution in [1.29, 1.82) is 0 Å². The molecule has 2 aromatic rings. The van der Waals surface area contributed by atoms with Crippen LogP contribution in [-0.2, 0) is 6.54 Å². The molecule has 1 N–H and O–H groups in total. The molecule has 0 unspecified atom stereocenters. The zero-order valence-electron chi connectivity index (χ0n) is 10.7. The SMILES string of the molecule is CCCCn1c(-c2ccc3c(c2)OCO3)n[nH]c1=S. The summed E-state index contributed by atoms with van der Waals surface area (Å²) in [5.74, 6) is 2.38. The number of H-pyrrole nitrogens is 1. The lowest BCUT2D eigenvalue weighted by Gasteiger charge is -2.06. The Balaban J connectivity index is 2.00. The number of ether oxygens (including phenoxy) is 2. The van der Waals surface area contributed by atoms with E-state index in [1.807, 2.05) is 22.8 Å². The van der Waals surface area contributed by atoms with Gasteiger partial charge in [0.2, 0.25) is 6.79 Å². The van der Waals surface area contributed by atoms with E-state index in [9.17, 15) is 0 Å². The number of aromatic nitrogens is 3. The molecule has 0 radical (unpaired) electrons. The van der Waals surface area contributed by atoms with E-state index in [4.69, 9.17) is 21.7 Å². The van der Waals surface area contributed by atoms with Crippen molar-refractivity contribution in [3.05, 3.63) is 23.0 Å². The molecule has 0 amide bonds. The standard InChI is InChI=1S/C13H15N3O2S/c1-2-3-6-16-12(14-15-13(16)19)9-4-5-10-11(7-9)18-8-17-10/h4-5,7H,2-3,6,8H2,1H3,(H,15,19). The van der Waals surface area contributed by atoms with Crippen molar-refractivity contribution in [2.24, 2.45) is 0 Å². The molecule has 0 aliphatic carbocycles. The van der Waals surface area contributed by atoms with E-state index in [0.29, 0.717) is 4.77 Å². The van der Waals surface area contributed by atoms with Crippen LogP contribution >= 0.6 is 12.2 Å². The Kier molecular flexibility index (Phi) is 3.25. The third kappa shape index (κ3) is 2.23. The Hall–Kier alpha value is -1.82. The van der Waals surface area contributed by atoms with E-state index >= 15 is 0 Å². The maximum atomic E-state index is 5.39. The summed E-state index contributed by atoms with van der Waals surface area (Å²) in [5, 5.41) is 7.17. The summed E-state index contributed by atoms with van der Waals surface area (Å²) >= 11 is 5.27. The maximum Gasteiger partial charge on any atom is 0.231 e. The molecule has 0 spiro atoms. The van der Waals surface area contributed by atoms with Crippen LogP contribution in [0.3, 0.4) is 0 Å². The lowest BCUT2D eigenvalue weighted by atomic mass is 10.2. The molecule has 1 aliphatic heterocycles. The molecule has 3 rings (SSSR count). The number of hydrogen-bond donors (Lipinski definition) is 1. The molecule has 0 atom stereocenters. The van der Waals surface area contributed by atoms with Gasteiger partial charge in [-0.05, 0) is 36.8 Å². The third-order valence-corrected chi connectivity index (χ3v) is 3.44. The highest BCUT2D eigenvalue weighted by Crippen LogP contribution is 2.35. The van der Waals surface area contributed by atoms with E-state index in [1.54, 1.807) is 0 Å². The number of fused-ring (bicyclic) bond motifs is 1. The number of nitrogens with one attached hydrogen (secondary N) is 1. The van der Waals surface area contributed by atoms with E-state index in [1.165, 1.54) is 0 Å². The van der Waals surface area contributed by atoms with Crippen molar-refractivity contribution in [3.8, 4) is 22.9 Å². The second kappa shape index (κ2) is 5.05. The van der Waals surface area contributed by atoms with Crippen LogP contribution in [0.15, 0.2) is 18.2 Å². The van der Waals surface area contributed by atoms with Crippen LogP contribution in [0, 0.1) is 4.77 Å². The minimum Gasteiger partial charge on any atom is -0.454 e. The Morgan fingerprint density at radius 1 is 1.37 bits per heavy atom. The van der Waals surface area contributed by atoms with Gasteiger partial charge in [0, 0.05) is 12.1 Å². The second-order valence-corrected chi connectivity index (χ2v) is 4.81. The van der Waals surface area contributed by atoms with Crippen LogP contribution in [-0.4, -0.2) is 21.6 Å². The smallest absolute Gasteiger partial charge is 0.231 e. The Bertz CT molecular complexity index is 648. The van der Waals surface area contributed by atoms with Crippen molar-refractivity contribution >= 4 is 12.2 Å². The molecule has 5 nitrogen and oxygen atoms in total. The van der Waals surface area contributed by atoms with Crippen LogP contribution in [0.5, 0.6) is 11.5 Å². The van der Waals surface area contributed by atoms with Gasteiger partial charge in [-0.1, -0.05) is 13.3 Å². The molecule has 100 valence electrons. The highest BCUT2D eigenvalue weighted by molar-refractivity contribution is 7.71. The van der Waals surface area contributed by atoms with Crippen molar-refractivity contribution in [2.45, 2.75) is 26.3 Å². The molecule has 6 heteroatoms. The molecule has 2 heterocycles. The van der Waals surface area contributed by atoms with E-state index in [2.05, 4.69) is 17.1 Å². The number of rotatable bonds is 4. The van der Waals surface area contributed by atoms with Gasteiger partial charge in [-0.2, -0.15) is 5.10 Å². The van der Waals surface area contributed by atoms with Crippen molar-refractivity contribution in [2.75, 3.05) is 6.79 Å². The van der Waals surface area contributed by atoms with Crippen molar-refractivity contribution in [3.63, 3.8) is 0 Å². The monoisotopic (exact) mass is 277 g/mol. The van der Waals surface area contributed by atoms with Crippen molar-refractivity contribution in [1.82, 2.24) is 14.8 Å². The second-order valence-electron chi connectivity index (χ2n) is 4.43. The summed E-state index contributed by atoms with van der Waals surface area (Å²) in [4.78, 5) is 0. The number of nitrogens with zero attached hydrogens (tertiary/aromatic N) is 2. The average molecular weight is 277 g/mol. The Morgan fingerprint density at radius 3 is 3.05 bits per heavy atom. The van der Waals surface area contributed by atoms with Crippen LogP contribution < -0.4 is 9.47 Å². The molecule has 0 fully saturated rings. The predicted octanol–water partition coefficient (Wildman–Crippen LogP) is 3.14. The summed E-state index contributed by atoms with van der Waals surface area (Å²) in [7, 11) is 0. The summed E-state index contributed by atoms with van der Waals surface area (Å²) < 4.78 is 13.4. The quantitative estimate of drug-likeness (QED) is 0.872. The van der Waals surface area contributed by atoms with E-state index in [0.717, 1.165) is 42.3 Å². The fraction of sp³-hybridized carbons (Fsp3) is 0.385. The lowest BCUT2D eigenvalue weighted by molar-refractivity contribution is 0.174. The molecule has 0 saturated carbocycles. The van der Waals surface area contributed by atoms with Gasteiger partial charge in [-0.25, -0.2) is 0 Å². The first kappa shape index (κ1) is 12.2. The first-order chi connectivity index (χ1) is 9.29. The van der Waals surface area contributed by atoms with Crippen LogP contribution in [0.1, 0.15) is 19.8 Å². The normalized spacial score (nSPS) is 12.9. The van der Waals surface area contributed by atoms with Crippen LogP contribution in [0.2, 0.25) is 0 Å². The molecular weight excluding hydrogens is 262 g/mol. The average Bonchev–Trinajstić information content (AvgIpc) is 3.02. The number of aromatic amines is 1.